The second-order valence-electron chi connectivity index (χ2n) is 3.95. The Bertz CT molecular complexity index is 578. The van der Waals surface area contributed by atoms with Crippen LogP contribution in [0.3, 0.4) is 0 Å². The number of methoxy groups -OCH3 is 3. The van der Waals surface area contributed by atoms with E-state index < -0.39 is 0 Å². The van der Waals surface area contributed by atoms with Crippen LogP contribution in [0.15, 0.2) is 36.4 Å². The molecule has 1 N–H and O–H groups in total. The fourth-order valence-corrected chi connectivity index (χ4v) is 1.88. The van der Waals surface area contributed by atoms with Crippen LogP contribution in [-0.4, -0.2) is 26.4 Å². The van der Waals surface area contributed by atoms with Crippen molar-refractivity contribution in [3.63, 3.8) is 0 Å². The van der Waals surface area contributed by atoms with Crippen molar-refractivity contribution in [1.29, 1.82) is 0 Å². The zero-order chi connectivity index (χ0) is 13.8. The number of phenolic OH excluding ortho intramolecular Hbond substituents is 1. The molecule has 0 atom stereocenters. The standard InChI is InChI=1S/C15H16O4/c1-17-10-4-6-14(16)12(8-10)13-9-11(18-2)5-7-15(13)19-3/h4-9,16H,1-3H3. The molecule has 0 saturated carbocycles. The maximum Gasteiger partial charge on any atom is 0.127 e. The highest BCUT2D eigenvalue weighted by atomic mass is 16.5. The first-order valence-corrected chi connectivity index (χ1v) is 5.79. The number of phenols is 1. The van der Waals surface area contributed by atoms with E-state index in [-0.39, 0.29) is 5.75 Å². The summed E-state index contributed by atoms with van der Waals surface area (Å²) < 4.78 is 15.7. The minimum Gasteiger partial charge on any atom is -0.507 e. The van der Waals surface area contributed by atoms with Crippen molar-refractivity contribution in [3.8, 4) is 34.1 Å². The van der Waals surface area contributed by atoms with Gasteiger partial charge < -0.3 is 19.3 Å². The Morgan fingerprint density at radius 3 is 1.89 bits per heavy atom. The monoisotopic (exact) mass is 260 g/mol. The average molecular weight is 260 g/mol. The summed E-state index contributed by atoms with van der Waals surface area (Å²) in [5.41, 5.74) is 1.38. The second-order valence-corrected chi connectivity index (χ2v) is 3.95. The summed E-state index contributed by atoms with van der Waals surface area (Å²) in [5.74, 6) is 2.17. The van der Waals surface area contributed by atoms with Gasteiger partial charge in [-0.05, 0) is 36.4 Å². The van der Waals surface area contributed by atoms with E-state index in [0.717, 1.165) is 5.56 Å². The Morgan fingerprint density at radius 2 is 1.32 bits per heavy atom. The molecule has 4 heteroatoms. The third-order valence-corrected chi connectivity index (χ3v) is 2.90. The third kappa shape index (κ3) is 2.57. The topological polar surface area (TPSA) is 47.9 Å². The number of rotatable bonds is 4. The normalized spacial score (nSPS) is 10.1. The number of hydrogen-bond donors (Lipinski definition) is 1. The van der Waals surface area contributed by atoms with Crippen LogP contribution < -0.4 is 14.2 Å². The molecule has 0 fully saturated rings. The maximum absolute atomic E-state index is 10.0. The van der Waals surface area contributed by atoms with Crippen LogP contribution in [0.1, 0.15) is 0 Å². The fourth-order valence-electron chi connectivity index (χ4n) is 1.88. The van der Waals surface area contributed by atoms with E-state index in [9.17, 15) is 5.11 Å². The summed E-state index contributed by atoms with van der Waals surface area (Å²) in [6, 6.07) is 10.5. The summed E-state index contributed by atoms with van der Waals surface area (Å²) in [6.45, 7) is 0. The van der Waals surface area contributed by atoms with Gasteiger partial charge in [0.2, 0.25) is 0 Å². The van der Waals surface area contributed by atoms with Gasteiger partial charge in [0.25, 0.3) is 0 Å². The minimum absolute atomic E-state index is 0.160. The Labute approximate surface area is 112 Å². The summed E-state index contributed by atoms with van der Waals surface area (Å²) in [5, 5.41) is 10.0. The van der Waals surface area contributed by atoms with Gasteiger partial charge in [-0.1, -0.05) is 0 Å². The first-order chi connectivity index (χ1) is 9.19. The molecule has 0 heterocycles. The first-order valence-electron chi connectivity index (χ1n) is 5.79. The SMILES string of the molecule is COc1ccc(O)c(-c2cc(OC)ccc2OC)c1. The Kier molecular flexibility index (Phi) is 3.80. The first kappa shape index (κ1) is 13.1. The molecular weight excluding hydrogens is 244 g/mol. The molecule has 0 aromatic heterocycles. The zero-order valence-corrected chi connectivity index (χ0v) is 11.1. The van der Waals surface area contributed by atoms with Crippen LogP contribution in [0.5, 0.6) is 23.0 Å². The highest BCUT2D eigenvalue weighted by Gasteiger charge is 2.12. The van der Waals surface area contributed by atoms with Crippen LogP contribution in [0, 0.1) is 0 Å². The fraction of sp³-hybridized carbons (Fsp3) is 0.200. The number of ether oxygens (including phenoxy) is 3. The summed E-state index contributed by atoms with van der Waals surface area (Å²) in [6.07, 6.45) is 0. The van der Waals surface area contributed by atoms with Gasteiger partial charge in [0.05, 0.1) is 21.3 Å². The summed E-state index contributed by atoms with van der Waals surface area (Å²) in [7, 11) is 4.76. The van der Waals surface area contributed by atoms with Gasteiger partial charge >= 0.3 is 0 Å². The van der Waals surface area contributed by atoms with Crippen LogP contribution in [0.2, 0.25) is 0 Å². The van der Waals surface area contributed by atoms with E-state index >= 15 is 0 Å². The summed E-state index contributed by atoms with van der Waals surface area (Å²) in [4.78, 5) is 0. The molecule has 0 aliphatic carbocycles. The van der Waals surface area contributed by atoms with Crippen molar-refractivity contribution in [1.82, 2.24) is 0 Å². The molecule has 0 unspecified atom stereocenters. The molecule has 4 nitrogen and oxygen atoms in total. The number of aromatic hydroxyl groups is 1. The van der Waals surface area contributed by atoms with Gasteiger partial charge in [-0.2, -0.15) is 0 Å². The molecule has 0 aliphatic heterocycles. The van der Waals surface area contributed by atoms with Crippen LogP contribution in [0.4, 0.5) is 0 Å². The van der Waals surface area contributed by atoms with Crippen molar-refractivity contribution in [3.05, 3.63) is 36.4 Å². The van der Waals surface area contributed by atoms with Gasteiger partial charge in [-0.15, -0.1) is 0 Å². The van der Waals surface area contributed by atoms with Crippen molar-refractivity contribution in [2.24, 2.45) is 0 Å². The zero-order valence-electron chi connectivity index (χ0n) is 11.1. The van der Waals surface area contributed by atoms with Crippen LogP contribution >= 0.6 is 0 Å². The van der Waals surface area contributed by atoms with Gasteiger partial charge in [-0.3, -0.25) is 0 Å². The maximum atomic E-state index is 10.0. The smallest absolute Gasteiger partial charge is 0.127 e. The van der Waals surface area contributed by atoms with Gasteiger partial charge in [0.1, 0.15) is 23.0 Å². The van der Waals surface area contributed by atoms with Gasteiger partial charge in [0, 0.05) is 11.1 Å². The molecular formula is C15H16O4. The molecule has 0 radical (unpaired) electrons. The van der Waals surface area contributed by atoms with E-state index in [2.05, 4.69) is 0 Å². The summed E-state index contributed by atoms with van der Waals surface area (Å²) >= 11 is 0. The highest BCUT2D eigenvalue weighted by Crippen LogP contribution is 2.39. The average Bonchev–Trinajstić information content (AvgIpc) is 2.47. The molecule has 0 spiro atoms. The van der Waals surface area contributed by atoms with Crippen molar-refractivity contribution in [2.45, 2.75) is 0 Å². The molecule has 100 valence electrons. The molecule has 2 rings (SSSR count). The lowest BCUT2D eigenvalue weighted by Gasteiger charge is -2.13. The van der Waals surface area contributed by atoms with Crippen molar-refractivity contribution in [2.75, 3.05) is 21.3 Å². The quantitative estimate of drug-likeness (QED) is 0.917. The van der Waals surface area contributed by atoms with Crippen molar-refractivity contribution >= 4 is 0 Å². The largest absolute Gasteiger partial charge is 0.507 e. The lowest BCUT2D eigenvalue weighted by molar-refractivity contribution is 0.403. The predicted molar refractivity (Wildman–Crippen MR) is 73.2 cm³/mol. The third-order valence-electron chi connectivity index (χ3n) is 2.90. The lowest BCUT2D eigenvalue weighted by atomic mass is 10.0. The molecule has 0 aliphatic rings. The predicted octanol–water partition coefficient (Wildman–Crippen LogP) is 3.09. The van der Waals surface area contributed by atoms with Gasteiger partial charge in [-0.25, -0.2) is 0 Å². The molecule has 0 saturated heterocycles. The van der Waals surface area contributed by atoms with E-state index in [1.165, 1.54) is 0 Å². The van der Waals surface area contributed by atoms with E-state index in [0.29, 0.717) is 22.8 Å². The van der Waals surface area contributed by atoms with Crippen LogP contribution in [-0.2, 0) is 0 Å². The molecule has 0 bridgehead atoms. The number of benzene rings is 2. The highest BCUT2D eigenvalue weighted by molar-refractivity contribution is 5.77. The van der Waals surface area contributed by atoms with E-state index in [1.807, 2.05) is 6.07 Å². The van der Waals surface area contributed by atoms with Crippen molar-refractivity contribution < 1.29 is 19.3 Å². The Balaban J connectivity index is 2.62. The molecule has 19 heavy (non-hydrogen) atoms. The second kappa shape index (κ2) is 5.52. The van der Waals surface area contributed by atoms with Gasteiger partial charge in [0.15, 0.2) is 0 Å². The Hall–Kier alpha value is -2.36. The van der Waals surface area contributed by atoms with Crippen LogP contribution in [0.25, 0.3) is 11.1 Å². The molecule has 2 aromatic rings. The molecule has 0 amide bonds. The van der Waals surface area contributed by atoms with E-state index in [4.69, 9.17) is 14.2 Å². The minimum atomic E-state index is 0.160. The van der Waals surface area contributed by atoms with E-state index in [1.54, 1.807) is 51.7 Å². The molecule has 2 aromatic carbocycles. The lowest BCUT2D eigenvalue weighted by Crippen LogP contribution is -1.91. The number of hydrogen-bond acceptors (Lipinski definition) is 4. The Morgan fingerprint density at radius 1 is 0.737 bits per heavy atom.